The van der Waals surface area contributed by atoms with Crippen LogP contribution in [0.5, 0.6) is 0 Å². The number of hydrogen-bond acceptors (Lipinski definition) is 4. The molecule has 0 radical (unpaired) electrons. The Morgan fingerprint density at radius 3 is 2.48 bits per heavy atom. The summed E-state index contributed by atoms with van der Waals surface area (Å²) in [4.78, 5) is 0. The maximum Gasteiger partial charge on any atom is 0.214 e. The Morgan fingerprint density at radius 1 is 1.20 bits per heavy atom. The number of halogens is 1. The third kappa shape index (κ3) is 4.95. The molecule has 1 saturated heterocycles. The number of nitrogens with one attached hydrogen (secondary N) is 1. The highest BCUT2D eigenvalue weighted by molar-refractivity contribution is 7.89. The van der Waals surface area contributed by atoms with Crippen molar-refractivity contribution in [1.82, 2.24) is 9.03 Å². The molecule has 1 heterocycles. The van der Waals surface area contributed by atoms with Crippen LogP contribution in [0.2, 0.25) is 5.02 Å². The maximum atomic E-state index is 12.2. The molecule has 0 bridgehead atoms. The van der Waals surface area contributed by atoms with Gasteiger partial charge in [-0.1, -0.05) is 23.7 Å². The SMILES string of the molecule is O=S(=O)(CC1CC(c2ccc(Cl)cc2)C1)NCCN1CCCS1(=O)=O. The van der Waals surface area contributed by atoms with Crippen LogP contribution in [-0.4, -0.2) is 52.3 Å². The van der Waals surface area contributed by atoms with E-state index in [1.807, 2.05) is 24.3 Å². The maximum absolute atomic E-state index is 12.2. The van der Waals surface area contributed by atoms with E-state index in [0.717, 1.165) is 12.8 Å². The Bertz CT molecular complexity index is 803. The molecule has 1 N–H and O–H groups in total. The van der Waals surface area contributed by atoms with Crippen molar-refractivity contribution in [3.63, 3.8) is 0 Å². The van der Waals surface area contributed by atoms with Crippen LogP contribution < -0.4 is 4.72 Å². The smallest absolute Gasteiger partial charge is 0.214 e. The lowest BCUT2D eigenvalue weighted by Gasteiger charge is -2.35. The van der Waals surface area contributed by atoms with Crippen molar-refractivity contribution >= 4 is 31.6 Å². The van der Waals surface area contributed by atoms with Gasteiger partial charge in [-0.2, -0.15) is 0 Å². The first-order chi connectivity index (χ1) is 11.8. The monoisotopic (exact) mass is 406 g/mol. The Hall–Kier alpha value is -0.670. The molecule has 3 rings (SSSR count). The normalized spacial score (nSPS) is 26.4. The van der Waals surface area contributed by atoms with E-state index in [1.165, 1.54) is 9.87 Å². The van der Waals surface area contributed by atoms with Gasteiger partial charge in [0.1, 0.15) is 0 Å². The summed E-state index contributed by atoms with van der Waals surface area (Å²) < 4.78 is 51.6. The van der Waals surface area contributed by atoms with Gasteiger partial charge in [-0.25, -0.2) is 25.9 Å². The lowest BCUT2D eigenvalue weighted by molar-refractivity contribution is 0.289. The van der Waals surface area contributed by atoms with Gasteiger partial charge >= 0.3 is 0 Å². The van der Waals surface area contributed by atoms with Gasteiger partial charge in [0, 0.05) is 24.7 Å². The second-order valence-electron chi connectivity index (χ2n) is 6.83. The Morgan fingerprint density at radius 2 is 1.88 bits per heavy atom. The third-order valence-electron chi connectivity index (χ3n) is 4.92. The van der Waals surface area contributed by atoms with Crippen LogP contribution in [0.1, 0.15) is 30.7 Å². The molecule has 1 aliphatic heterocycles. The van der Waals surface area contributed by atoms with Crippen LogP contribution in [-0.2, 0) is 20.0 Å². The molecule has 0 aromatic heterocycles. The summed E-state index contributed by atoms with van der Waals surface area (Å²) in [5.41, 5.74) is 1.20. The summed E-state index contributed by atoms with van der Waals surface area (Å²) >= 11 is 5.88. The predicted octanol–water partition coefficient (Wildman–Crippen LogP) is 1.79. The van der Waals surface area contributed by atoms with Gasteiger partial charge in [0.15, 0.2) is 0 Å². The molecule has 1 aromatic rings. The van der Waals surface area contributed by atoms with E-state index >= 15 is 0 Å². The molecule has 2 fully saturated rings. The number of benzene rings is 1. The van der Waals surface area contributed by atoms with Gasteiger partial charge in [-0.15, -0.1) is 0 Å². The fraction of sp³-hybridized carbons (Fsp3) is 0.625. The van der Waals surface area contributed by atoms with Gasteiger partial charge in [0.25, 0.3) is 0 Å². The zero-order valence-electron chi connectivity index (χ0n) is 13.9. The summed E-state index contributed by atoms with van der Waals surface area (Å²) in [5, 5.41) is 0.700. The fourth-order valence-corrected chi connectivity index (χ4v) is 6.58. The first-order valence-corrected chi connectivity index (χ1v) is 12.1. The Balaban J connectivity index is 1.41. The van der Waals surface area contributed by atoms with Crippen molar-refractivity contribution in [2.75, 3.05) is 31.1 Å². The molecule has 1 aliphatic carbocycles. The van der Waals surface area contributed by atoms with Crippen LogP contribution in [0, 0.1) is 5.92 Å². The fourth-order valence-electron chi connectivity index (χ4n) is 3.52. The summed E-state index contributed by atoms with van der Waals surface area (Å²) in [6, 6.07) is 7.70. The average molecular weight is 407 g/mol. The first-order valence-electron chi connectivity index (χ1n) is 8.46. The molecule has 140 valence electrons. The van der Waals surface area contributed by atoms with Crippen LogP contribution in [0.3, 0.4) is 0 Å². The summed E-state index contributed by atoms with van der Waals surface area (Å²) in [6.07, 6.45) is 2.31. The predicted molar refractivity (Wildman–Crippen MR) is 98.7 cm³/mol. The third-order valence-corrected chi connectivity index (χ3v) is 8.68. The highest BCUT2D eigenvalue weighted by Crippen LogP contribution is 2.42. The Labute approximate surface area is 154 Å². The molecule has 6 nitrogen and oxygen atoms in total. The first kappa shape index (κ1) is 19.1. The minimum absolute atomic E-state index is 0.101. The lowest BCUT2D eigenvalue weighted by atomic mass is 9.72. The van der Waals surface area contributed by atoms with Crippen molar-refractivity contribution in [2.24, 2.45) is 5.92 Å². The quantitative estimate of drug-likeness (QED) is 0.748. The van der Waals surface area contributed by atoms with E-state index in [9.17, 15) is 16.8 Å². The van der Waals surface area contributed by atoms with E-state index in [1.54, 1.807) is 0 Å². The summed E-state index contributed by atoms with van der Waals surface area (Å²) in [5.74, 6) is 0.804. The highest BCUT2D eigenvalue weighted by Gasteiger charge is 2.34. The highest BCUT2D eigenvalue weighted by atomic mass is 35.5. The van der Waals surface area contributed by atoms with Crippen LogP contribution in [0.25, 0.3) is 0 Å². The zero-order chi connectivity index (χ0) is 18.1. The standard InChI is InChI=1S/C16H23ClN2O4S2/c17-16-4-2-14(3-5-16)15-10-13(11-15)12-24(20,21)18-6-8-19-7-1-9-25(19,22)23/h2-5,13,15,18H,1,6-12H2. The topological polar surface area (TPSA) is 83.6 Å². The molecule has 1 saturated carbocycles. The Kier molecular flexibility index (Phi) is 5.75. The lowest BCUT2D eigenvalue weighted by Crippen LogP contribution is -2.39. The number of nitrogens with zero attached hydrogens (tertiary/aromatic N) is 1. The molecule has 9 heteroatoms. The van der Waals surface area contributed by atoms with Crippen molar-refractivity contribution < 1.29 is 16.8 Å². The van der Waals surface area contributed by atoms with Crippen molar-refractivity contribution in [3.8, 4) is 0 Å². The largest absolute Gasteiger partial charge is 0.214 e. The second-order valence-corrected chi connectivity index (χ2v) is 11.2. The van der Waals surface area contributed by atoms with Gasteiger partial charge in [0.2, 0.25) is 20.0 Å². The van der Waals surface area contributed by atoms with Crippen LogP contribution in [0.15, 0.2) is 24.3 Å². The number of sulfonamides is 2. The van der Waals surface area contributed by atoms with Crippen LogP contribution in [0.4, 0.5) is 0 Å². The average Bonchev–Trinajstić information content (AvgIpc) is 2.83. The molecule has 2 aliphatic rings. The van der Waals surface area contributed by atoms with Crippen LogP contribution >= 0.6 is 11.6 Å². The van der Waals surface area contributed by atoms with E-state index in [-0.39, 0.29) is 30.5 Å². The van der Waals surface area contributed by atoms with Crippen molar-refractivity contribution in [2.45, 2.75) is 25.2 Å². The molecule has 0 unspecified atom stereocenters. The molecular weight excluding hydrogens is 384 g/mol. The van der Waals surface area contributed by atoms with E-state index in [4.69, 9.17) is 11.6 Å². The second kappa shape index (κ2) is 7.52. The van der Waals surface area contributed by atoms with Crippen molar-refractivity contribution in [3.05, 3.63) is 34.9 Å². The molecule has 0 amide bonds. The summed E-state index contributed by atoms with van der Waals surface area (Å²) in [7, 11) is -6.55. The van der Waals surface area contributed by atoms with Gasteiger partial charge in [0.05, 0.1) is 11.5 Å². The van der Waals surface area contributed by atoms with E-state index in [0.29, 0.717) is 23.9 Å². The molecule has 0 spiro atoms. The summed E-state index contributed by atoms with van der Waals surface area (Å²) in [6.45, 7) is 0.823. The van der Waals surface area contributed by atoms with E-state index < -0.39 is 20.0 Å². The van der Waals surface area contributed by atoms with Gasteiger partial charge in [-0.3, -0.25) is 0 Å². The molecule has 0 atom stereocenters. The van der Waals surface area contributed by atoms with Gasteiger partial charge < -0.3 is 0 Å². The molecule has 25 heavy (non-hydrogen) atoms. The minimum Gasteiger partial charge on any atom is -0.214 e. The number of hydrogen-bond donors (Lipinski definition) is 1. The zero-order valence-corrected chi connectivity index (χ0v) is 16.3. The minimum atomic E-state index is -3.38. The van der Waals surface area contributed by atoms with Gasteiger partial charge in [-0.05, 0) is 48.8 Å². The molecule has 1 aromatic carbocycles. The van der Waals surface area contributed by atoms with E-state index in [2.05, 4.69) is 4.72 Å². The van der Waals surface area contributed by atoms with Crippen molar-refractivity contribution in [1.29, 1.82) is 0 Å². The molecular formula is C16H23ClN2O4S2. The number of rotatable bonds is 7.